The summed E-state index contributed by atoms with van der Waals surface area (Å²) < 4.78 is 1.75. The van der Waals surface area contributed by atoms with E-state index in [1.165, 1.54) is 0 Å². The minimum Gasteiger partial charge on any atom is -0.299 e. The minimum atomic E-state index is 0.237. The number of rotatable bonds is 5. The lowest BCUT2D eigenvalue weighted by Gasteiger charge is -2.01. The number of halogens is 1. The van der Waals surface area contributed by atoms with Crippen molar-refractivity contribution in [2.75, 3.05) is 0 Å². The fourth-order valence-corrected chi connectivity index (χ4v) is 1.93. The van der Waals surface area contributed by atoms with E-state index in [1.54, 1.807) is 10.9 Å². The van der Waals surface area contributed by atoms with Crippen LogP contribution in [0.5, 0.6) is 0 Å². The highest BCUT2D eigenvalue weighted by Crippen LogP contribution is 2.11. The number of carbonyl (C=O) groups excluding carboxylic acids is 1. The Morgan fingerprint density at radius 3 is 2.61 bits per heavy atom. The zero-order valence-electron chi connectivity index (χ0n) is 10.3. The number of aromatic nitrogens is 2. The Balaban J connectivity index is 1.83. The molecule has 0 atom stereocenters. The number of hydrogen-bond donors (Lipinski definition) is 0. The van der Waals surface area contributed by atoms with Crippen LogP contribution in [-0.2, 0) is 24.7 Å². The van der Waals surface area contributed by atoms with Gasteiger partial charge in [-0.2, -0.15) is 5.10 Å². The van der Waals surface area contributed by atoms with Gasteiger partial charge in [-0.05, 0) is 29.7 Å². The molecule has 1 aromatic heterocycles. The molecular weight excluding hydrogens is 248 g/mol. The summed E-state index contributed by atoms with van der Waals surface area (Å²) in [4.78, 5) is 11.8. The second-order valence-corrected chi connectivity index (χ2v) is 4.80. The van der Waals surface area contributed by atoms with Gasteiger partial charge in [-0.25, -0.2) is 0 Å². The highest BCUT2D eigenvalue weighted by atomic mass is 35.5. The third kappa shape index (κ3) is 3.70. The number of carbonyl (C=O) groups is 1. The van der Waals surface area contributed by atoms with Crippen molar-refractivity contribution in [2.45, 2.75) is 19.3 Å². The van der Waals surface area contributed by atoms with E-state index < -0.39 is 0 Å². The van der Waals surface area contributed by atoms with E-state index in [1.807, 2.05) is 37.5 Å². The van der Waals surface area contributed by atoms with Crippen molar-refractivity contribution in [3.63, 3.8) is 0 Å². The highest BCUT2D eigenvalue weighted by molar-refractivity contribution is 6.30. The molecule has 0 saturated heterocycles. The standard InChI is InChI=1S/C14H15ClN2O/c1-17-10-12(9-16-17)4-7-14(18)8-11-2-5-13(15)6-3-11/h2-3,5-6,9-10H,4,7-8H2,1H3. The summed E-state index contributed by atoms with van der Waals surface area (Å²) >= 11 is 5.80. The molecule has 0 amide bonds. The van der Waals surface area contributed by atoms with Crippen molar-refractivity contribution in [2.24, 2.45) is 7.05 Å². The number of benzene rings is 1. The topological polar surface area (TPSA) is 34.9 Å². The average molecular weight is 263 g/mol. The predicted molar refractivity (Wildman–Crippen MR) is 71.7 cm³/mol. The number of nitrogens with zero attached hydrogens (tertiary/aromatic N) is 2. The van der Waals surface area contributed by atoms with Gasteiger partial charge in [-0.15, -0.1) is 0 Å². The van der Waals surface area contributed by atoms with Gasteiger partial charge in [0.15, 0.2) is 0 Å². The van der Waals surface area contributed by atoms with Crippen LogP contribution in [0.1, 0.15) is 17.5 Å². The summed E-state index contributed by atoms with van der Waals surface area (Å²) in [5.41, 5.74) is 2.11. The molecule has 18 heavy (non-hydrogen) atoms. The van der Waals surface area contributed by atoms with Gasteiger partial charge in [-0.3, -0.25) is 9.48 Å². The number of hydrogen-bond acceptors (Lipinski definition) is 2. The van der Waals surface area contributed by atoms with E-state index in [-0.39, 0.29) is 5.78 Å². The molecule has 1 aromatic carbocycles. The van der Waals surface area contributed by atoms with E-state index in [9.17, 15) is 4.79 Å². The van der Waals surface area contributed by atoms with Gasteiger partial charge in [0.25, 0.3) is 0 Å². The number of aryl methyl sites for hydroxylation is 2. The van der Waals surface area contributed by atoms with Crippen molar-refractivity contribution < 1.29 is 4.79 Å². The first-order chi connectivity index (χ1) is 8.63. The van der Waals surface area contributed by atoms with Crippen LogP contribution in [-0.4, -0.2) is 15.6 Å². The van der Waals surface area contributed by atoms with Crippen LogP contribution in [0.2, 0.25) is 5.02 Å². The van der Waals surface area contributed by atoms with Crippen LogP contribution in [0.25, 0.3) is 0 Å². The molecular formula is C14H15ClN2O. The highest BCUT2D eigenvalue weighted by Gasteiger charge is 2.05. The van der Waals surface area contributed by atoms with Crippen LogP contribution in [0.4, 0.5) is 0 Å². The molecule has 0 fully saturated rings. The first-order valence-electron chi connectivity index (χ1n) is 5.87. The molecule has 0 spiro atoms. The number of Topliss-reactive ketones (excluding diaryl/α,β-unsaturated/α-hetero) is 1. The molecule has 4 heteroatoms. The second kappa shape index (κ2) is 5.83. The molecule has 94 valence electrons. The Kier molecular flexibility index (Phi) is 4.15. The first-order valence-corrected chi connectivity index (χ1v) is 6.25. The zero-order valence-corrected chi connectivity index (χ0v) is 11.0. The predicted octanol–water partition coefficient (Wildman–Crippen LogP) is 2.82. The van der Waals surface area contributed by atoms with E-state index in [0.717, 1.165) is 17.5 Å². The summed E-state index contributed by atoms with van der Waals surface area (Å²) in [5, 5.41) is 4.77. The average Bonchev–Trinajstić information content (AvgIpc) is 2.76. The molecule has 0 aliphatic heterocycles. The van der Waals surface area contributed by atoms with Crippen LogP contribution in [0, 0.1) is 0 Å². The van der Waals surface area contributed by atoms with Gasteiger partial charge < -0.3 is 0 Å². The van der Waals surface area contributed by atoms with Crippen LogP contribution in [0.15, 0.2) is 36.7 Å². The Bertz CT molecular complexity index is 531. The monoisotopic (exact) mass is 262 g/mol. The van der Waals surface area contributed by atoms with Gasteiger partial charge in [-0.1, -0.05) is 23.7 Å². The van der Waals surface area contributed by atoms with Crippen molar-refractivity contribution in [1.29, 1.82) is 0 Å². The van der Waals surface area contributed by atoms with Gasteiger partial charge in [0.1, 0.15) is 5.78 Å². The normalized spacial score (nSPS) is 10.6. The van der Waals surface area contributed by atoms with E-state index in [4.69, 9.17) is 11.6 Å². The third-order valence-corrected chi connectivity index (χ3v) is 3.02. The molecule has 2 rings (SSSR count). The molecule has 3 nitrogen and oxygen atoms in total. The lowest BCUT2D eigenvalue weighted by molar-refractivity contribution is -0.118. The van der Waals surface area contributed by atoms with Crippen LogP contribution >= 0.6 is 11.6 Å². The van der Waals surface area contributed by atoms with E-state index >= 15 is 0 Å². The maximum Gasteiger partial charge on any atom is 0.137 e. The maximum atomic E-state index is 11.8. The van der Waals surface area contributed by atoms with Gasteiger partial charge >= 0.3 is 0 Å². The quantitative estimate of drug-likeness (QED) is 0.831. The lowest BCUT2D eigenvalue weighted by Crippen LogP contribution is -2.04. The van der Waals surface area contributed by atoms with Crippen molar-refractivity contribution in [1.82, 2.24) is 9.78 Å². The fourth-order valence-electron chi connectivity index (χ4n) is 1.80. The summed E-state index contributed by atoms with van der Waals surface area (Å²) in [7, 11) is 1.87. The van der Waals surface area contributed by atoms with Crippen molar-refractivity contribution in [3.05, 3.63) is 52.8 Å². The van der Waals surface area contributed by atoms with Gasteiger partial charge in [0.2, 0.25) is 0 Å². The van der Waals surface area contributed by atoms with Crippen LogP contribution in [0.3, 0.4) is 0 Å². The summed E-state index contributed by atoms with van der Waals surface area (Å²) in [6, 6.07) is 7.41. The molecule has 0 aliphatic rings. The van der Waals surface area contributed by atoms with Crippen molar-refractivity contribution in [3.8, 4) is 0 Å². The summed E-state index contributed by atoms with van der Waals surface area (Å²) in [6.45, 7) is 0. The molecule has 0 bridgehead atoms. The molecule has 0 radical (unpaired) electrons. The minimum absolute atomic E-state index is 0.237. The molecule has 0 N–H and O–H groups in total. The Labute approximate surface area is 111 Å². The summed E-state index contributed by atoms with van der Waals surface area (Å²) in [6.07, 6.45) is 5.51. The lowest BCUT2D eigenvalue weighted by atomic mass is 10.0. The Morgan fingerprint density at radius 2 is 2.00 bits per heavy atom. The summed E-state index contributed by atoms with van der Waals surface area (Å²) in [5.74, 6) is 0.237. The second-order valence-electron chi connectivity index (χ2n) is 4.36. The largest absolute Gasteiger partial charge is 0.299 e. The molecule has 2 aromatic rings. The molecule has 0 saturated carbocycles. The van der Waals surface area contributed by atoms with E-state index in [2.05, 4.69) is 5.10 Å². The SMILES string of the molecule is Cn1cc(CCC(=O)Cc2ccc(Cl)cc2)cn1. The van der Waals surface area contributed by atoms with Crippen molar-refractivity contribution >= 4 is 17.4 Å². The molecule has 0 aliphatic carbocycles. The molecule has 1 heterocycles. The van der Waals surface area contributed by atoms with Gasteiger partial charge in [0.05, 0.1) is 6.20 Å². The zero-order chi connectivity index (χ0) is 13.0. The molecule has 0 unspecified atom stereocenters. The maximum absolute atomic E-state index is 11.8. The van der Waals surface area contributed by atoms with Gasteiger partial charge in [0, 0.05) is 31.1 Å². The third-order valence-electron chi connectivity index (χ3n) is 2.77. The first kappa shape index (κ1) is 12.8. The van der Waals surface area contributed by atoms with E-state index in [0.29, 0.717) is 17.9 Å². The smallest absolute Gasteiger partial charge is 0.137 e. The Hall–Kier alpha value is -1.61. The van der Waals surface area contributed by atoms with Crippen LogP contribution < -0.4 is 0 Å². The fraction of sp³-hybridized carbons (Fsp3) is 0.286. The Morgan fingerprint density at radius 1 is 1.28 bits per heavy atom. The number of ketones is 1.